The Kier molecular flexibility index (Phi) is 7.54. The fourth-order valence-corrected chi connectivity index (χ4v) is 3.32. The van der Waals surface area contributed by atoms with E-state index in [0.717, 1.165) is 48.4 Å². The first-order chi connectivity index (χ1) is 10.3. The van der Waals surface area contributed by atoms with Gasteiger partial charge in [0.15, 0.2) is 0 Å². The maximum absolute atomic E-state index is 5.36. The van der Waals surface area contributed by atoms with Gasteiger partial charge >= 0.3 is 0 Å². The molecular formula is C18H30Cl2N2O2. The third kappa shape index (κ3) is 7.26. The van der Waals surface area contributed by atoms with Crippen LogP contribution in [0.1, 0.15) is 11.1 Å². The predicted molar refractivity (Wildman–Crippen MR) is 87.3 cm³/mol. The first-order valence-electron chi connectivity index (χ1n) is 8.26. The van der Waals surface area contributed by atoms with Gasteiger partial charge in [0.05, 0.1) is 41.4 Å². The summed E-state index contributed by atoms with van der Waals surface area (Å²) in [6.07, 6.45) is 0.967. The van der Waals surface area contributed by atoms with Crippen LogP contribution < -0.4 is 24.8 Å². The Labute approximate surface area is 158 Å². The van der Waals surface area contributed by atoms with Crippen LogP contribution in [0.2, 0.25) is 0 Å². The second-order valence-electron chi connectivity index (χ2n) is 8.28. The zero-order valence-electron chi connectivity index (χ0n) is 15.2. The molecule has 2 aliphatic heterocycles. The molecule has 1 aromatic rings. The summed E-state index contributed by atoms with van der Waals surface area (Å²) in [5.74, 6) is 0. The highest BCUT2D eigenvalue weighted by Crippen LogP contribution is 2.20. The number of rotatable bonds is 8. The molecule has 2 heterocycles. The van der Waals surface area contributed by atoms with Gasteiger partial charge in [0, 0.05) is 11.1 Å². The van der Waals surface area contributed by atoms with E-state index in [2.05, 4.69) is 52.5 Å². The highest BCUT2D eigenvalue weighted by Gasteiger charge is 2.32. The summed E-state index contributed by atoms with van der Waals surface area (Å²) in [6.45, 7) is 6.22. The van der Waals surface area contributed by atoms with Crippen molar-refractivity contribution in [1.29, 1.82) is 0 Å². The van der Waals surface area contributed by atoms with E-state index in [0.29, 0.717) is 12.2 Å². The molecule has 3 rings (SSSR count). The van der Waals surface area contributed by atoms with Gasteiger partial charge in [-0.3, -0.25) is 0 Å². The summed E-state index contributed by atoms with van der Waals surface area (Å²) < 4.78 is 12.7. The van der Waals surface area contributed by atoms with E-state index in [1.165, 1.54) is 11.1 Å². The van der Waals surface area contributed by atoms with E-state index in [9.17, 15) is 0 Å². The number of likely N-dealkylation sites (N-methyl/N-ethyl adjacent to an activating group) is 2. The maximum atomic E-state index is 5.36. The van der Waals surface area contributed by atoms with Crippen LogP contribution >= 0.6 is 0 Å². The molecule has 2 fully saturated rings. The van der Waals surface area contributed by atoms with Crippen molar-refractivity contribution in [3.8, 4) is 0 Å². The largest absolute Gasteiger partial charge is 1.00 e. The van der Waals surface area contributed by atoms with Crippen LogP contribution in [0.25, 0.3) is 0 Å². The molecule has 2 saturated heterocycles. The maximum Gasteiger partial charge on any atom is 0.130 e. The van der Waals surface area contributed by atoms with Crippen molar-refractivity contribution in [1.82, 2.24) is 0 Å². The molecule has 0 spiro atoms. The SMILES string of the molecule is C[N+](C)(Cc1ccc(C[N+](C)(C)CC2CO2)cc1)CC1CO1.[Cl-].[Cl-]. The molecule has 2 unspecified atom stereocenters. The third-order valence-electron chi connectivity index (χ3n) is 4.44. The number of nitrogens with zero attached hydrogens (tertiary/aromatic N) is 2. The van der Waals surface area contributed by atoms with Gasteiger partial charge in [-0.25, -0.2) is 0 Å². The molecule has 0 radical (unpaired) electrons. The molecule has 0 amide bonds. The average molecular weight is 377 g/mol. The summed E-state index contributed by atoms with van der Waals surface area (Å²) in [4.78, 5) is 0. The summed E-state index contributed by atoms with van der Waals surface area (Å²) in [5, 5.41) is 0. The summed E-state index contributed by atoms with van der Waals surface area (Å²) in [7, 11) is 9.13. The molecule has 2 aliphatic rings. The molecular weight excluding hydrogens is 347 g/mol. The first-order valence-corrected chi connectivity index (χ1v) is 8.26. The quantitative estimate of drug-likeness (QED) is 0.338. The Morgan fingerprint density at radius 1 is 0.750 bits per heavy atom. The van der Waals surface area contributed by atoms with E-state index in [1.54, 1.807) is 0 Å². The van der Waals surface area contributed by atoms with E-state index in [-0.39, 0.29) is 24.8 Å². The van der Waals surface area contributed by atoms with Crippen molar-refractivity contribution >= 4 is 0 Å². The second-order valence-corrected chi connectivity index (χ2v) is 8.28. The Morgan fingerprint density at radius 2 is 1.04 bits per heavy atom. The molecule has 0 aromatic heterocycles. The predicted octanol–water partition coefficient (Wildman–Crippen LogP) is -4.35. The fraction of sp³-hybridized carbons (Fsp3) is 0.667. The standard InChI is InChI=1S/C18H30N2O2.2ClH/c1-19(2,11-17-13-21-17)9-15-5-7-16(8-6-15)10-20(3,4)12-18-14-22-18;;/h5-8,17-18H,9-14H2,1-4H3;2*1H/q+2;;/p-2. The molecule has 1 aromatic carbocycles. The third-order valence-corrected chi connectivity index (χ3v) is 4.44. The van der Waals surface area contributed by atoms with Gasteiger partial charge in [0.1, 0.15) is 38.4 Å². The Balaban J connectivity index is 0.00000144. The zero-order chi connectivity index (χ0) is 15.8. The number of halogens is 2. The van der Waals surface area contributed by atoms with Crippen molar-refractivity contribution in [2.24, 2.45) is 0 Å². The topological polar surface area (TPSA) is 25.1 Å². The van der Waals surface area contributed by atoms with Gasteiger partial charge in [-0.15, -0.1) is 0 Å². The average Bonchev–Trinajstić information content (AvgIpc) is 3.28. The van der Waals surface area contributed by atoms with E-state index >= 15 is 0 Å². The lowest BCUT2D eigenvalue weighted by Gasteiger charge is -2.30. The smallest absolute Gasteiger partial charge is 0.130 e. The van der Waals surface area contributed by atoms with Crippen LogP contribution in [-0.2, 0) is 22.6 Å². The van der Waals surface area contributed by atoms with Crippen molar-refractivity contribution in [3.63, 3.8) is 0 Å². The lowest BCUT2D eigenvalue weighted by atomic mass is 10.1. The van der Waals surface area contributed by atoms with Gasteiger partial charge in [-0.2, -0.15) is 0 Å². The number of quaternary nitrogens is 2. The molecule has 0 saturated carbocycles. The number of hydrogen-bond donors (Lipinski definition) is 0. The number of ether oxygens (including phenoxy) is 2. The normalized spacial score (nSPS) is 22.3. The molecule has 6 heteroatoms. The monoisotopic (exact) mass is 376 g/mol. The Bertz CT molecular complexity index is 465. The molecule has 0 aliphatic carbocycles. The highest BCUT2D eigenvalue weighted by atomic mass is 35.5. The van der Waals surface area contributed by atoms with Gasteiger partial charge in [-0.1, -0.05) is 24.3 Å². The minimum atomic E-state index is 0. The lowest BCUT2D eigenvalue weighted by molar-refractivity contribution is -0.904. The van der Waals surface area contributed by atoms with Crippen LogP contribution in [0, 0.1) is 0 Å². The number of hydrogen-bond acceptors (Lipinski definition) is 2. The summed E-state index contributed by atoms with van der Waals surface area (Å²) >= 11 is 0. The molecule has 2 atom stereocenters. The van der Waals surface area contributed by atoms with Gasteiger partial charge in [-0.05, 0) is 0 Å². The summed E-state index contributed by atoms with van der Waals surface area (Å²) in [6, 6.07) is 9.15. The lowest BCUT2D eigenvalue weighted by Crippen LogP contribution is -3.00. The Morgan fingerprint density at radius 3 is 1.29 bits per heavy atom. The van der Waals surface area contributed by atoms with Crippen molar-refractivity contribution in [3.05, 3.63) is 35.4 Å². The Hall–Kier alpha value is -0.360. The first kappa shape index (κ1) is 21.7. The summed E-state index contributed by atoms with van der Waals surface area (Å²) in [5.41, 5.74) is 2.82. The molecule has 4 nitrogen and oxygen atoms in total. The van der Waals surface area contributed by atoms with Gasteiger partial charge < -0.3 is 43.3 Å². The van der Waals surface area contributed by atoms with Gasteiger partial charge in [0.25, 0.3) is 0 Å². The molecule has 138 valence electrons. The molecule has 0 bridgehead atoms. The van der Waals surface area contributed by atoms with Crippen LogP contribution in [-0.4, -0.2) is 75.7 Å². The molecule has 0 N–H and O–H groups in total. The van der Waals surface area contributed by atoms with Crippen LogP contribution in [0.15, 0.2) is 24.3 Å². The van der Waals surface area contributed by atoms with Crippen LogP contribution in [0.3, 0.4) is 0 Å². The fourth-order valence-electron chi connectivity index (χ4n) is 3.32. The van der Waals surface area contributed by atoms with E-state index in [1.807, 2.05) is 0 Å². The van der Waals surface area contributed by atoms with Crippen molar-refractivity contribution < 1.29 is 43.3 Å². The van der Waals surface area contributed by atoms with Gasteiger partial charge in [0.2, 0.25) is 0 Å². The number of epoxide rings is 2. The van der Waals surface area contributed by atoms with Crippen LogP contribution in [0.5, 0.6) is 0 Å². The minimum absolute atomic E-state index is 0. The minimum Gasteiger partial charge on any atom is -1.00 e. The highest BCUT2D eigenvalue weighted by molar-refractivity contribution is 5.21. The zero-order valence-corrected chi connectivity index (χ0v) is 16.7. The number of benzene rings is 1. The second kappa shape index (κ2) is 8.35. The van der Waals surface area contributed by atoms with E-state index in [4.69, 9.17) is 9.47 Å². The van der Waals surface area contributed by atoms with Crippen molar-refractivity contribution in [2.45, 2.75) is 25.3 Å². The van der Waals surface area contributed by atoms with Crippen molar-refractivity contribution in [2.75, 3.05) is 54.5 Å². The van der Waals surface area contributed by atoms with Crippen LogP contribution in [0.4, 0.5) is 0 Å². The molecule has 24 heavy (non-hydrogen) atoms. The van der Waals surface area contributed by atoms with E-state index < -0.39 is 0 Å².